The molecule has 0 radical (unpaired) electrons. The van der Waals surface area contributed by atoms with Gasteiger partial charge < -0.3 is 15.5 Å². The SMILES string of the molecule is CN1CCC(N(C)C(=O)CCC(C)(C)N)CC1. The van der Waals surface area contributed by atoms with Crippen LogP contribution in [0.4, 0.5) is 0 Å². The predicted octanol–water partition coefficient (Wildman–Crippen LogP) is 1.06. The molecule has 0 bridgehead atoms. The number of rotatable bonds is 4. The van der Waals surface area contributed by atoms with Crippen molar-refractivity contribution in [3.63, 3.8) is 0 Å². The van der Waals surface area contributed by atoms with Crippen LogP contribution in [0.25, 0.3) is 0 Å². The van der Waals surface area contributed by atoms with Gasteiger partial charge in [-0.3, -0.25) is 4.79 Å². The van der Waals surface area contributed by atoms with Crippen LogP contribution in [-0.4, -0.2) is 54.5 Å². The van der Waals surface area contributed by atoms with Crippen molar-refractivity contribution in [2.75, 3.05) is 27.2 Å². The molecule has 1 heterocycles. The van der Waals surface area contributed by atoms with Gasteiger partial charge in [0.2, 0.25) is 5.91 Å². The predicted molar refractivity (Wildman–Crippen MR) is 70.8 cm³/mol. The lowest BCUT2D eigenvalue weighted by Gasteiger charge is -2.35. The van der Waals surface area contributed by atoms with Crippen molar-refractivity contribution in [1.29, 1.82) is 0 Å². The third-order valence-corrected chi connectivity index (χ3v) is 3.61. The van der Waals surface area contributed by atoms with Gasteiger partial charge in [-0.2, -0.15) is 0 Å². The number of nitrogens with zero attached hydrogens (tertiary/aromatic N) is 2. The lowest BCUT2D eigenvalue weighted by atomic mass is 9.98. The van der Waals surface area contributed by atoms with Crippen molar-refractivity contribution in [1.82, 2.24) is 9.80 Å². The molecule has 1 aliphatic heterocycles. The van der Waals surface area contributed by atoms with Gasteiger partial charge in [0.05, 0.1) is 0 Å². The summed E-state index contributed by atoms with van der Waals surface area (Å²) in [5.74, 6) is 0.234. The maximum atomic E-state index is 12.0. The number of likely N-dealkylation sites (tertiary alicyclic amines) is 1. The van der Waals surface area contributed by atoms with E-state index in [1.807, 2.05) is 25.8 Å². The average Bonchev–Trinajstić information content (AvgIpc) is 2.25. The Labute approximate surface area is 105 Å². The van der Waals surface area contributed by atoms with Gasteiger partial charge in [0.25, 0.3) is 0 Å². The Hall–Kier alpha value is -0.610. The Morgan fingerprint density at radius 3 is 2.41 bits per heavy atom. The van der Waals surface area contributed by atoms with Crippen LogP contribution >= 0.6 is 0 Å². The number of piperidine rings is 1. The molecule has 0 saturated carbocycles. The van der Waals surface area contributed by atoms with E-state index in [4.69, 9.17) is 5.73 Å². The van der Waals surface area contributed by atoms with Gasteiger partial charge in [0.15, 0.2) is 0 Å². The topological polar surface area (TPSA) is 49.6 Å². The zero-order chi connectivity index (χ0) is 13.1. The van der Waals surface area contributed by atoms with E-state index >= 15 is 0 Å². The van der Waals surface area contributed by atoms with E-state index in [-0.39, 0.29) is 11.4 Å². The molecule has 0 aromatic heterocycles. The van der Waals surface area contributed by atoms with Gasteiger partial charge in [-0.15, -0.1) is 0 Å². The lowest BCUT2D eigenvalue weighted by molar-refractivity contribution is -0.133. The number of carbonyl (C=O) groups excluding carboxylic acids is 1. The van der Waals surface area contributed by atoms with Gasteiger partial charge in [0, 0.05) is 25.0 Å². The summed E-state index contributed by atoms with van der Waals surface area (Å²) in [6.45, 7) is 6.11. The van der Waals surface area contributed by atoms with Crippen LogP contribution < -0.4 is 5.73 Å². The summed E-state index contributed by atoms with van der Waals surface area (Å²) in [7, 11) is 4.07. The first kappa shape index (κ1) is 14.5. The Morgan fingerprint density at radius 2 is 1.94 bits per heavy atom. The van der Waals surface area contributed by atoms with E-state index in [9.17, 15) is 4.79 Å². The van der Waals surface area contributed by atoms with Gasteiger partial charge in [-0.1, -0.05) is 0 Å². The summed E-state index contributed by atoms with van der Waals surface area (Å²) >= 11 is 0. The van der Waals surface area contributed by atoms with Gasteiger partial charge in [-0.05, 0) is 53.2 Å². The van der Waals surface area contributed by atoms with Gasteiger partial charge >= 0.3 is 0 Å². The second-order valence-corrected chi connectivity index (χ2v) is 6.03. The van der Waals surface area contributed by atoms with Gasteiger partial charge in [0.1, 0.15) is 0 Å². The fourth-order valence-electron chi connectivity index (χ4n) is 2.19. The molecular formula is C13H27N3O. The molecule has 4 heteroatoms. The molecule has 0 spiro atoms. The minimum Gasteiger partial charge on any atom is -0.343 e. The Kier molecular flexibility index (Phi) is 4.95. The fraction of sp³-hybridized carbons (Fsp3) is 0.923. The van der Waals surface area contributed by atoms with Crippen LogP contribution in [0.5, 0.6) is 0 Å². The van der Waals surface area contributed by atoms with E-state index in [1.54, 1.807) is 0 Å². The molecule has 0 aromatic rings. The third-order valence-electron chi connectivity index (χ3n) is 3.61. The van der Waals surface area contributed by atoms with Crippen LogP contribution in [0.15, 0.2) is 0 Å². The maximum absolute atomic E-state index is 12.0. The van der Waals surface area contributed by atoms with E-state index < -0.39 is 0 Å². The van der Waals surface area contributed by atoms with Crippen molar-refractivity contribution >= 4 is 5.91 Å². The van der Waals surface area contributed by atoms with Crippen molar-refractivity contribution in [3.05, 3.63) is 0 Å². The highest BCUT2D eigenvalue weighted by Crippen LogP contribution is 2.16. The summed E-state index contributed by atoms with van der Waals surface area (Å²) < 4.78 is 0. The average molecular weight is 241 g/mol. The summed E-state index contributed by atoms with van der Waals surface area (Å²) in [5.41, 5.74) is 5.66. The molecule has 2 N–H and O–H groups in total. The Bertz CT molecular complexity index is 252. The quantitative estimate of drug-likeness (QED) is 0.800. The highest BCUT2D eigenvalue weighted by atomic mass is 16.2. The van der Waals surface area contributed by atoms with Crippen molar-refractivity contribution in [3.8, 4) is 0 Å². The summed E-state index contributed by atoms with van der Waals surface area (Å²) in [6.07, 6.45) is 3.49. The van der Waals surface area contributed by atoms with Crippen LogP contribution in [0, 0.1) is 0 Å². The monoisotopic (exact) mass is 241 g/mol. The van der Waals surface area contributed by atoms with E-state index in [0.29, 0.717) is 12.5 Å². The minimum atomic E-state index is -0.247. The molecular weight excluding hydrogens is 214 g/mol. The molecule has 1 fully saturated rings. The standard InChI is InChI=1S/C13H27N3O/c1-13(2,14)8-5-12(17)16(4)11-6-9-15(3)10-7-11/h11H,5-10,14H2,1-4H3. The van der Waals surface area contributed by atoms with Crippen molar-refractivity contribution < 1.29 is 4.79 Å². The molecule has 0 unspecified atom stereocenters. The normalized spacial score (nSPS) is 19.4. The molecule has 1 amide bonds. The zero-order valence-electron chi connectivity index (χ0n) is 11.7. The first-order chi connectivity index (χ1) is 7.79. The molecule has 17 heavy (non-hydrogen) atoms. The highest BCUT2D eigenvalue weighted by molar-refractivity contribution is 5.76. The van der Waals surface area contributed by atoms with E-state index in [1.165, 1.54) is 0 Å². The second-order valence-electron chi connectivity index (χ2n) is 6.03. The van der Waals surface area contributed by atoms with Crippen LogP contribution in [0.2, 0.25) is 0 Å². The van der Waals surface area contributed by atoms with Crippen LogP contribution in [0.3, 0.4) is 0 Å². The van der Waals surface area contributed by atoms with E-state index in [2.05, 4.69) is 11.9 Å². The highest BCUT2D eigenvalue weighted by Gasteiger charge is 2.24. The molecule has 0 aromatic carbocycles. The smallest absolute Gasteiger partial charge is 0.222 e. The Morgan fingerprint density at radius 1 is 1.41 bits per heavy atom. The molecule has 0 aliphatic carbocycles. The molecule has 100 valence electrons. The first-order valence-electron chi connectivity index (χ1n) is 6.53. The number of nitrogens with two attached hydrogens (primary N) is 1. The number of hydrogen-bond acceptors (Lipinski definition) is 3. The molecule has 0 atom stereocenters. The van der Waals surface area contributed by atoms with Crippen molar-refractivity contribution in [2.24, 2.45) is 5.73 Å². The summed E-state index contributed by atoms with van der Waals surface area (Å²) in [4.78, 5) is 16.3. The lowest BCUT2D eigenvalue weighted by Crippen LogP contribution is -2.45. The first-order valence-corrected chi connectivity index (χ1v) is 6.53. The molecule has 1 aliphatic rings. The van der Waals surface area contributed by atoms with Crippen molar-refractivity contribution in [2.45, 2.75) is 51.1 Å². The zero-order valence-corrected chi connectivity index (χ0v) is 11.7. The van der Waals surface area contributed by atoms with Crippen LogP contribution in [0.1, 0.15) is 39.5 Å². The fourth-order valence-corrected chi connectivity index (χ4v) is 2.19. The number of amides is 1. The number of hydrogen-bond donors (Lipinski definition) is 1. The minimum absolute atomic E-state index is 0.234. The van der Waals surface area contributed by atoms with Gasteiger partial charge in [-0.25, -0.2) is 0 Å². The van der Waals surface area contributed by atoms with E-state index in [0.717, 1.165) is 32.4 Å². The largest absolute Gasteiger partial charge is 0.343 e. The third kappa shape index (κ3) is 5.04. The second kappa shape index (κ2) is 5.83. The number of carbonyl (C=O) groups is 1. The molecule has 1 saturated heterocycles. The summed E-state index contributed by atoms with van der Waals surface area (Å²) in [5, 5.41) is 0. The summed E-state index contributed by atoms with van der Waals surface area (Å²) in [6, 6.07) is 0.416. The Balaban J connectivity index is 2.36. The van der Waals surface area contributed by atoms with Crippen LogP contribution in [-0.2, 0) is 4.79 Å². The molecule has 4 nitrogen and oxygen atoms in total. The molecule has 1 rings (SSSR count). The maximum Gasteiger partial charge on any atom is 0.222 e.